The fraction of sp³-hybridized carbons (Fsp3) is 0.818. The molecule has 2 atom stereocenters. The van der Waals surface area contributed by atoms with Gasteiger partial charge in [-0.25, -0.2) is 0 Å². The molecule has 2 unspecified atom stereocenters. The topological polar surface area (TPSA) is 51.0 Å². The maximum Gasteiger partial charge on any atom is 0.230 e. The first-order chi connectivity index (χ1) is 7.17. The molecule has 3 rings (SSSR count). The molecule has 0 amide bonds. The van der Waals surface area contributed by atoms with E-state index < -0.39 is 0 Å². The average Bonchev–Trinajstić information content (AvgIpc) is 2.73. The van der Waals surface area contributed by atoms with Crippen LogP contribution in [-0.2, 0) is 0 Å². The molecule has 1 aliphatic carbocycles. The predicted octanol–water partition coefficient (Wildman–Crippen LogP) is 2.01. The van der Waals surface area contributed by atoms with Crippen molar-refractivity contribution in [2.45, 2.75) is 45.1 Å². The number of nitrogens with one attached hydrogen (secondary N) is 1. The summed E-state index contributed by atoms with van der Waals surface area (Å²) >= 11 is 0. The van der Waals surface area contributed by atoms with Gasteiger partial charge in [-0.2, -0.15) is 4.98 Å². The normalized spacial score (nSPS) is 33.2. The summed E-state index contributed by atoms with van der Waals surface area (Å²) in [6.45, 7) is 5.56. The van der Waals surface area contributed by atoms with Crippen LogP contribution in [0.1, 0.15) is 56.8 Å². The van der Waals surface area contributed by atoms with Crippen LogP contribution in [0.2, 0.25) is 0 Å². The third-order valence-corrected chi connectivity index (χ3v) is 3.64. The van der Waals surface area contributed by atoms with Crippen LogP contribution in [0.4, 0.5) is 0 Å². The van der Waals surface area contributed by atoms with Crippen molar-refractivity contribution in [3.8, 4) is 0 Å². The Kier molecular flexibility index (Phi) is 1.89. The lowest BCUT2D eigenvalue weighted by atomic mass is 10.1. The summed E-state index contributed by atoms with van der Waals surface area (Å²) in [6.07, 6.45) is 3.52. The molecule has 4 nitrogen and oxygen atoms in total. The molecule has 0 bridgehead atoms. The van der Waals surface area contributed by atoms with Gasteiger partial charge in [-0.15, -0.1) is 0 Å². The highest BCUT2D eigenvalue weighted by molar-refractivity contribution is 5.13. The molecule has 0 radical (unpaired) electrons. The minimum Gasteiger partial charge on any atom is -0.339 e. The molecule has 82 valence electrons. The Bertz CT molecular complexity index is 346. The van der Waals surface area contributed by atoms with E-state index in [-0.39, 0.29) is 0 Å². The maximum absolute atomic E-state index is 5.34. The Labute approximate surface area is 89.4 Å². The number of rotatable bonds is 2. The molecular weight excluding hydrogens is 190 g/mol. The Morgan fingerprint density at radius 2 is 2.27 bits per heavy atom. The monoisotopic (exact) mass is 207 g/mol. The van der Waals surface area contributed by atoms with E-state index in [1.807, 2.05) is 0 Å². The highest BCUT2D eigenvalue weighted by Crippen LogP contribution is 2.58. The Hall–Kier alpha value is -0.900. The standard InChI is InChI=1S/C11H17N3O/c1-11(2)6-7(11)10-13-9(14-15-10)8-4-3-5-12-8/h7-8,12H,3-6H2,1-2H3. The van der Waals surface area contributed by atoms with Crippen molar-refractivity contribution in [2.75, 3.05) is 6.54 Å². The van der Waals surface area contributed by atoms with E-state index in [4.69, 9.17) is 4.52 Å². The molecule has 4 heteroatoms. The van der Waals surface area contributed by atoms with Crippen LogP contribution >= 0.6 is 0 Å². The van der Waals surface area contributed by atoms with E-state index in [1.165, 1.54) is 12.8 Å². The maximum atomic E-state index is 5.34. The molecule has 0 aromatic carbocycles. The van der Waals surface area contributed by atoms with Crippen molar-refractivity contribution in [3.05, 3.63) is 11.7 Å². The van der Waals surface area contributed by atoms with Gasteiger partial charge in [0.1, 0.15) is 0 Å². The summed E-state index contributed by atoms with van der Waals surface area (Å²) in [6, 6.07) is 0.323. The largest absolute Gasteiger partial charge is 0.339 e. The van der Waals surface area contributed by atoms with Gasteiger partial charge in [0.25, 0.3) is 0 Å². The lowest BCUT2D eigenvalue weighted by Crippen LogP contribution is -2.14. The van der Waals surface area contributed by atoms with Gasteiger partial charge in [0.15, 0.2) is 5.82 Å². The van der Waals surface area contributed by atoms with Crippen LogP contribution in [0.25, 0.3) is 0 Å². The fourth-order valence-electron chi connectivity index (χ4n) is 2.32. The van der Waals surface area contributed by atoms with Crippen LogP contribution < -0.4 is 5.32 Å². The molecule has 2 fully saturated rings. The van der Waals surface area contributed by atoms with E-state index in [0.29, 0.717) is 17.4 Å². The van der Waals surface area contributed by atoms with Crippen molar-refractivity contribution in [2.24, 2.45) is 5.41 Å². The molecule has 1 saturated carbocycles. The van der Waals surface area contributed by atoms with Crippen LogP contribution in [0.3, 0.4) is 0 Å². The zero-order valence-corrected chi connectivity index (χ0v) is 9.29. The molecule has 1 N–H and O–H groups in total. The van der Waals surface area contributed by atoms with Crippen LogP contribution in [0.5, 0.6) is 0 Å². The van der Waals surface area contributed by atoms with E-state index in [9.17, 15) is 0 Å². The van der Waals surface area contributed by atoms with E-state index >= 15 is 0 Å². The molecule has 0 spiro atoms. The van der Waals surface area contributed by atoms with Gasteiger partial charge < -0.3 is 9.84 Å². The van der Waals surface area contributed by atoms with Crippen LogP contribution in [-0.4, -0.2) is 16.7 Å². The number of aromatic nitrogens is 2. The first-order valence-electron chi connectivity index (χ1n) is 5.74. The second-order valence-electron chi connectivity index (χ2n) is 5.39. The zero-order chi connectivity index (χ0) is 10.5. The number of nitrogens with zero attached hydrogens (tertiary/aromatic N) is 2. The van der Waals surface area contributed by atoms with Gasteiger partial charge in [0.2, 0.25) is 5.89 Å². The quantitative estimate of drug-likeness (QED) is 0.806. The first-order valence-corrected chi connectivity index (χ1v) is 5.74. The predicted molar refractivity (Wildman–Crippen MR) is 55.4 cm³/mol. The summed E-state index contributed by atoms with van der Waals surface area (Å²) in [4.78, 5) is 4.51. The van der Waals surface area contributed by atoms with Gasteiger partial charge in [0.05, 0.1) is 6.04 Å². The fourth-order valence-corrected chi connectivity index (χ4v) is 2.32. The first kappa shape index (κ1) is 9.33. The second-order valence-corrected chi connectivity index (χ2v) is 5.39. The van der Waals surface area contributed by atoms with Crippen molar-refractivity contribution in [1.29, 1.82) is 0 Å². The average molecular weight is 207 g/mol. The van der Waals surface area contributed by atoms with Gasteiger partial charge in [0, 0.05) is 5.92 Å². The Morgan fingerprint density at radius 3 is 2.87 bits per heavy atom. The summed E-state index contributed by atoms with van der Waals surface area (Å²) < 4.78 is 5.34. The van der Waals surface area contributed by atoms with E-state index in [2.05, 4.69) is 29.3 Å². The third kappa shape index (κ3) is 1.57. The lowest BCUT2D eigenvalue weighted by molar-refractivity contribution is 0.359. The third-order valence-electron chi connectivity index (χ3n) is 3.64. The number of hydrogen-bond acceptors (Lipinski definition) is 4. The van der Waals surface area contributed by atoms with E-state index in [0.717, 1.165) is 24.7 Å². The van der Waals surface area contributed by atoms with Crippen molar-refractivity contribution < 1.29 is 4.52 Å². The highest BCUT2D eigenvalue weighted by Gasteiger charge is 2.50. The van der Waals surface area contributed by atoms with Gasteiger partial charge >= 0.3 is 0 Å². The summed E-state index contributed by atoms with van der Waals surface area (Å²) in [5.41, 5.74) is 0.368. The molecule has 1 saturated heterocycles. The lowest BCUT2D eigenvalue weighted by Gasteiger charge is -2.01. The van der Waals surface area contributed by atoms with Gasteiger partial charge in [-0.05, 0) is 31.2 Å². The molecule has 1 aromatic rings. The van der Waals surface area contributed by atoms with Crippen molar-refractivity contribution in [3.63, 3.8) is 0 Å². The summed E-state index contributed by atoms with van der Waals surface area (Å²) in [7, 11) is 0. The molecule has 2 aliphatic rings. The minimum atomic E-state index is 0.323. The minimum absolute atomic E-state index is 0.323. The van der Waals surface area contributed by atoms with Crippen molar-refractivity contribution in [1.82, 2.24) is 15.5 Å². The van der Waals surface area contributed by atoms with Gasteiger partial charge in [-0.3, -0.25) is 0 Å². The summed E-state index contributed by atoms with van der Waals surface area (Å²) in [5.74, 6) is 2.18. The van der Waals surface area contributed by atoms with E-state index in [1.54, 1.807) is 0 Å². The molecule has 2 heterocycles. The molecule has 1 aromatic heterocycles. The second kappa shape index (κ2) is 3.04. The molecule has 1 aliphatic heterocycles. The van der Waals surface area contributed by atoms with Crippen molar-refractivity contribution >= 4 is 0 Å². The Balaban J connectivity index is 1.76. The van der Waals surface area contributed by atoms with Crippen LogP contribution in [0, 0.1) is 5.41 Å². The SMILES string of the molecule is CC1(C)CC1c1nc(C2CCCN2)no1. The molecule has 15 heavy (non-hydrogen) atoms. The Morgan fingerprint density at radius 1 is 1.47 bits per heavy atom. The molecular formula is C11H17N3O. The van der Waals surface area contributed by atoms with Crippen LogP contribution in [0.15, 0.2) is 4.52 Å². The zero-order valence-electron chi connectivity index (χ0n) is 9.29. The number of hydrogen-bond donors (Lipinski definition) is 1. The summed E-state index contributed by atoms with van der Waals surface area (Å²) in [5, 5.41) is 7.46. The smallest absolute Gasteiger partial charge is 0.230 e. The highest BCUT2D eigenvalue weighted by atomic mass is 16.5. The van der Waals surface area contributed by atoms with Gasteiger partial charge in [-0.1, -0.05) is 19.0 Å².